The Morgan fingerprint density at radius 3 is 2.48 bits per heavy atom. The lowest BCUT2D eigenvalue weighted by Crippen LogP contribution is -2.46. The van der Waals surface area contributed by atoms with E-state index in [2.05, 4.69) is 58.2 Å². The normalized spacial score (nSPS) is 16.7. The van der Waals surface area contributed by atoms with E-state index in [0.29, 0.717) is 5.92 Å². The van der Waals surface area contributed by atoms with E-state index in [1.807, 2.05) is 0 Å². The van der Waals surface area contributed by atoms with Crippen molar-refractivity contribution in [2.75, 3.05) is 44.2 Å². The summed E-state index contributed by atoms with van der Waals surface area (Å²) in [7, 11) is 0. The third-order valence-electron chi connectivity index (χ3n) is 3.80. The van der Waals surface area contributed by atoms with Crippen molar-refractivity contribution in [3.63, 3.8) is 0 Å². The molecule has 0 aromatic carbocycles. The van der Waals surface area contributed by atoms with Crippen molar-refractivity contribution >= 4 is 5.82 Å². The number of anilines is 1. The fourth-order valence-corrected chi connectivity index (χ4v) is 2.62. The van der Waals surface area contributed by atoms with Gasteiger partial charge in [-0.25, -0.2) is 0 Å². The first kappa shape index (κ1) is 16.2. The Morgan fingerprint density at radius 1 is 1.14 bits per heavy atom. The van der Waals surface area contributed by atoms with Gasteiger partial charge in [0.05, 0.1) is 5.69 Å². The summed E-state index contributed by atoms with van der Waals surface area (Å²) in [4.78, 5) is 4.86. The molecule has 1 fully saturated rings. The van der Waals surface area contributed by atoms with E-state index in [4.69, 9.17) is 0 Å². The Kier molecular flexibility index (Phi) is 6.39. The van der Waals surface area contributed by atoms with Crippen LogP contribution >= 0.6 is 0 Å². The maximum atomic E-state index is 4.39. The van der Waals surface area contributed by atoms with Crippen LogP contribution in [-0.4, -0.2) is 54.4 Å². The Balaban J connectivity index is 1.79. The second-order valence-electron chi connectivity index (χ2n) is 6.24. The summed E-state index contributed by atoms with van der Waals surface area (Å²) in [5.41, 5.74) is 1.02. The van der Waals surface area contributed by atoms with Gasteiger partial charge in [-0.3, -0.25) is 4.90 Å². The number of rotatable bonds is 7. The molecule has 1 saturated heterocycles. The zero-order chi connectivity index (χ0) is 15.1. The molecular formula is C16H29N5. The van der Waals surface area contributed by atoms with Gasteiger partial charge in [0.1, 0.15) is 0 Å². The molecule has 0 aliphatic carbocycles. The lowest BCUT2D eigenvalue weighted by molar-refractivity contribution is 0.258. The molecule has 1 aliphatic heterocycles. The average Bonchev–Trinajstić information content (AvgIpc) is 2.49. The third-order valence-corrected chi connectivity index (χ3v) is 3.80. The van der Waals surface area contributed by atoms with Crippen molar-refractivity contribution in [1.82, 2.24) is 20.4 Å². The molecule has 2 rings (SSSR count). The number of nitrogens with one attached hydrogen (secondary N) is 1. The topological polar surface area (TPSA) is 44.3 Å². The van der Waals surface area contributed by atoms with Crippen LogP contribution in [0.5, 0.6) is 0 Å². The predicted molar refractivity (Wildman–Crippen MR) is 87.5 cm³/mol. The van der Waals surface area contributed by atoms with E-state index in [0.717, 1.165) is 50.8 Å². The minimum atomic E-state index is 0.664. The number of nitrogens with zero attached hydrogens (tertiary/aromatic N) is 4. The van der Waals surface area contributed by atoms with E-state index < -0.39 is 0 Å². The summed E-state index contributed by atoms with van der Waals surface area (Å²) in [5, 5.41) is 12.1. The van der Waals surface area contributed by atoms with Gasteiger partial charge in [-0.15, -0.1) is 5.10 Å². The Bertz CT molecular complexity index is 396. The SMILES string of the molecule is CCCN1CCN(c2ccc(CNCC(C)C)nn2)CC1. The van der Waals surface area contributed by atoms with E-state index in [-0.39, 0.29) is 0 Å². The zero-order valence-corrected chi connectivity index (χ0v) is 13.7. The number of aromatic nitrogens is 2. The first-order chi connectivity index (χ1) is 10.2. The molecule has 1 aliphatic rings. The minimum Gasteiger partial charge on any atom is -0.353 e. The number of piperazine rings is 1. The summed E-state index contributed by atoms with van der Waals surface area (Å²) in [6.45, 7) is 14.1. The molecule has 1 N–H and O–H groups in total. The van der Waals surface area contributed by atoms with E-state index in [1.165, 1.54) is 13.0 Å². The van der Waals surface area contributed by atoms with Crippen LogP contribution in [0.4, 0.5) is 5.82 Å². The van der Waals surface area contributed by atoms with Crippen LogP contribution in [0.3, 0.4) is 0 Å². The molecule has 5 nitrogen and oxygen atoms in total. The highest BCUT2D eigenvalue weighted by Gasteiger charge is 2.17. The monoisotopic (exact) mass is 291 g/mol. The van der Waals surface area contributed by atoms with Gasteiger partial charge in [-0.05, 0) is 37.6 Å². The molecule has 0 spiro atoms. The standard InChI is InChI=1S/C16H29N5/c1-4-7-20-8-10-21(11-9-20)16-6-5-15(18-19-16)13-17-12-14(2)3/h5-6,14,17H,4,7-13H2,1-3H3. The second kappa shape index (κ2) is 8.29. The lowest BCUT2D eigenvalue weighted by atomic mass is 10.2. The van der Waals surface area contributed by atoms with Crippen molar-refractivity contribution in [2.24, 2.45) is 5.92 Å². The van der Waals surface area contributed by atoms with Crippen molar-refractivity contribution in [3.8, 4) is 0 Å². The summed E-state index contributed by atoms with van der Waals surface area (Å²) in [5.74, 6) is 1.68. The minimum absolute atomic E-state index is 0.664. The predicted octanol–water partition coefficient (Wildman–Crippen LogP) is 1.75. The molecule has 0 unspecified atom stereocenters. The van der Waals surface area contributed by atoms with Crippen molar-refractivity contribution in [3.05, 3.63) is 17.8 Å². The van der Waals surface area contributed by atoms with Crippen molar-refractivity contribution < 1.29 is 0 Å². The summed E-state index contributed by atoms with van der Waals surface area (Å²) in [6.07, 6.45) is 1.23. The number of hydrogen-bond donors (Lipinski definition) is 1. The van der Waals surface area contributed by atoms with E-state index >= 15 is 0 Å². The summed E-state index contributed by atoms with van der Waals surface area (Å²) < 4.78 is 0. The highest BCUT2D eigenvalue weighted by molar-refractivity contribution is 5.37. The van der Waals surface area contributed by atoms with Gasteiger partial charge in [-0.1, -0.05) is 20.8 Å². The molecule has 0 atom stereocenters. The van der Waals surface area contributed by atoms with Crippen molar-refractivity contribution in [2.45, 2.75) is 33.7 Å². The molecule has 0 amide bonds. The van der Waals surface area contributed by atoms with Gasteiger partial charge < -0.3 is 10.2 Å². The van der Waals surface area contributed by atoms with Gasteiger partial charge in [0.2, 0.25) is 0 Å². The summed E-state index contributed by atoms with van der Waals surface area (Å²) >= 11 is 0. The fourth-order valence-electron chi connectivity index (χ4n) is 2.62. The zero-order valence-electron chi connectivity index (χ0n) is 13.7. The molecule has 118 valence electrons. The van der Waals surface area contributed by atoms with Crippen molar-refractivity contribution in [1.29, 1.82) is 0 Å². The lowest BCUT2D eigenvalue weighted by Gasteiger charge is -2.34. The van der Waals surface area contributed by atoms with Crippen LogP contribution in [0.1, 0.15) is 32.9 Å². The van der Waals surface area contributed by atoms with Crippen LogP contribution in [0, 0.1) is 5.92 Å². The van der Waals surface area contributed by atoms with E-state index in [9.17, 15) is 0 Å². The Hall–Kier alpha value is -1.20. The van der Waals surface area contributed by atoms with Gasteiger partial charge in [-0.2, -0.15) is 5.10 Å². The van der Waals surface area contributed by atoms with Crippen LogP contribution in [-0.2, 0) is 6.54 Å². The van der Waals surface area contributed by atoms with Gasteiger partial charge in [0.15, 0.2) is 5.82 Å². The van der Waals surface area contributed by atoms with Gasteiger partial charge in [0.25, 0.3) is 0 Å². The number of hydrogen-bond acceptors (Lipinski definition) is 5. The maximum absolute atomic E-state index is 4.39. The third kappa shape index (κ3) is 5.25. The van der Waals surface area contributed by atoms with Crippen LogP contribution < -0.4 is 10.2 Å². The molecule has 1 aromatic rings. The first-order valence-electron chi connectivity index (χ1n) is 8.19. The fraction of sp³-hybridized carbons (Fsp3) is 0.750. The average molecular weight is 291 g/mol. The molecule has 0 radical (unpaired) electrons. The second-order valence-corrected chi connectivity index (χ2v) is 6.24. The molecule has 2 heterocycles. The van der Waals surface area contributed by atoms with E-state index in [1.54, 1.807) is 0 Å². The quantitative estimate of drug-likeness (QED) is 0.829. The highest BCUT2D eigenvalue weighted by atomic mass is 15.3. The maximum Gasteiger partial charge on any atom is 0.151 e. The molecule has 0 bridgehead atoms. The van der Waals surface area contributed by atoms with Crippen LogP contribution in [0.15, 0.2) is 12.1 Å². The van der Waals surface area contributed by atoms with Gasteiger partial charge >= 0.3 is 0 Å². The largest absolute Gasteiger partial charge is 0.353 e. The smallest absolute Gasteiger partial charge is 0.151 e. The molecule has 21 heavy (non-hydrogen) atoms. The molecule has 5 heteroatoms. The molecular weight excluding hydrogens is 262 g/mol. The Morgan fingerprint density at radius 2 is 1.90 bits per heavy atom. The highest BCUT2D eigenvalue weighted by Crippen LogP contribution is 2.13. The molecule has 0 saturated carbocycles. The first-order valence-corrected chi connectivity index (χ1v) is 8.19. The Labute approximate surface area is 128 Å². The van der Waals surface area contributed by atoms with Crippen LogP contribution in [0.25, 0.3) is 0 Å². The van der Waals surface area contributed by atoms with Gasteiger partial charge in [0, 0.05) is 32.7 Å². The summed E-state index contributed by atoms with van der Waals surface area (Å²) in [6, 6.07) is 4.20. The van der Waals surface area contributed by atoms with Crippen LogP contribution in [0.2, 0.25) is 0 Å². The molecule has 1 aromatic heterocycles.